The van der Waals surface area contributed by atoms with Gasteiger partial charge in [0.1, 0.15) is 5.75 Å². The molecule has 1 aromatic carbocycles. The Morgan fingerprint density at radius 3 is 2.71 bits per heavy atom. The Bertz CT molecular complexity index is 411. The van der Waals surface area contributed by atoms with Crippen molar-refractivity contribution >= 4 is 11.4 Å². The third-order valence-electron chi connectivity index (χ3n) is 4.05. The molecule has 0 radical (unpaired) electrons. The lowest BCUT2D eigenvalue weighted by Crippen LogP contribution is -2.49. The molecule has 0 amide bonds. The van der Waals surface area contributed by atoms with E-state index in [0.29, 0.717) is 0 Å². The molecule has 3 nitrogen and oxygen atoms in total. The lowest BCUT2D eigenvalue weighted by Gasteiger charge is -2.43. The molecule has 3 rings (SSSR count). The summed E-state index contributed by atoms with van der Waals surface area (Å²) in [6, 6.07) is 6.20. The van der Waals surface area contributed by atoms with Crippen LogP contribution in [-0.2, 0) is 0 Å². The number of hydrogen-bond acceptors (Lipinski definition) is 3. The second-order valence-corrected chi connectivity index (χ2v) is 5.23. The summed E-state index contributed by atoms with van der Waals surface area (Å²) in [5.74, 6) is 0.922. The van der Waals surface area contributed by atoms with Crippen molar-refractivity contribution in [2.45, 2.75) is 37.6 Å². The maximum Gasteiger partial charge on any atom is 0.121 e. The number of hydrogen-bond donors (Lipinski definition) is 2. The highest BCUT2D eigenvalue weighted by molar-refractivity contribution is 5.74. The maximum atomic E-state index is 5.29. The van der Waals surface area contributed by atoms with Gasteiger partial charge in [0.25, 0.3) is 0 Å². The van der Waals surface area contributed by atoms with Crippen LogP contribution >= 0.6 is 0 Å². The first-order chi connectivity index (χ1) is 8.31. The maximum absolute atomic E-state index is 5.29. The number of ether oxygens (including phenoxy) is 1. The molecule has 2 N–H and O–H groups in total. The van der Waals surface area contributed by atoms with E-state index in [-0.39, 0.29) is 5.54 Å². The SMILES string of the molecule is COc1ccc2c(c1)NC1(CCCCC1)CN2. The van der Waals surface area contributed by atoms with Gasteiger partial charge >= 0.3 is 0 Å². The summed E-state index contributed by atoms with van der Waals surface area (Å²) in [5, 5.41) is 7.30. The van der Waals surface area contributed by atoms with E-state index >= 15 is 0 Å². The number of benzene rings is 1. The van der Waals surface area contributed by atoms with E-state index in [0.717, 1.165) is 12.3 Å². The molecule has 0 atom stereocenters. The lowest BCUT2D eigenvalue weighted by molar-refractivity contribution is 0.334. The van der Waals surface area contributed by atoms with Gasteiger partial charge in [0.15, 0.2) is 0 Å². The Morgan fingerprint density at radius 2 is 1.94 bits per heavy atom. The molecule has 1 aliphatic carbocycles. The van der Waals surface area contributed by atoms with E-state index in [4.69, 9.17) is 4.74 Å². The molecule has 0 aromatic heterocycles. The molecular weight excluding hydrogens is 212 g/mol. The van der Waals surface area contributed by atoms with Gasteiger partial charge in [-0.3, -0.25) is 0 Å². The molecule has 3 heteroatoms. The minimum Gasteiger partial charge on any atom is -0.497 e. The zero-order chi connectivity index (χ0) is 11.7. The number of methoxy groups -OCH3 is 1. The highest BCUT2D eigenvalue weighted by Gasteiger charge is 2.35. The van der Waals surface area contributed by atoms with Crippen LogP contribution in [0.15, 0.2) is 18.2 Å². The van der Waals surface area contributed by atoms with Crippen LogP contribution < -0.4 is 15.4 Å². The number of nitrogens with one attached hydrogen (secondary N) is 2. The van der Waals surface area contributed by atoms with Gasteiger partial charge in [-0.05, 0) is 25.0 Å². The molecular formula is C14H20N2O. The largest absolute Gasteiger partial charge is 0.497 e. The predicted molar refractivity (Wildman–Crippen MR) is 70.9 cm³/mol. The smallest absolute Gasteiger partial charge is 0.121 e. The molecule has 0 saturated heterocycles. The molecule has 1 aromatic rings. The zero-order valence-electron chi connectivity index (χ0n) is 10.4. The summed E-state index contributed by atoms with van der Waals surface area (Å²) < 4.78 is 5.29. The van der Waals surface area contributed by atoms with Crippen LogP contribution in [0.1, 0.15) is 32.1 Å². The van der Waals surface area contributed by atoms with E-state index in [9.17, 15) is 0 Å². The Labute approximate surface area is 103 Å². The van der Waals surface area contributed by atoms with E-state index in [2.05, 4.69) is 22.8 Å². The standard InChI is InChI=1S/C14H20N2O/c1-17-11-5-6-12-13(9-11)16-14(10-15-12)7-3-2-4-8-14/h5-6,9,15-16H,2-4,7-8,10H2,1H3. The minimum absolute atomic E-state index is 0.275. The quantitative estimate of drug-likeness (QED) is 0.780. The van der Waals surface area contributed by atoms with Crippen molar-refractivity contribution in [1.29, 1.82) is 0 Å². The van der Waals surface area contributed by atoms with Crippen molar-refractivity contribution in [1.82, 2.24) is 0 Å². The first-order valence-electron chi connectivity index (χ1n) is 6.51. The monoisotopic (exact) mass is 232 g/mol. The van der Waals surface area contributed by atoms with E-state index in [1.54, 1.807) is 7.11 Å². The highest BCUT2D eigenvalue weighted by Crippen LogP contribution is 2.39. The number of anilines is 2. The van der Waals surface area contributed by atoms with Crippen LogP contribution in [-0.4, -0.2) is 19.2 Å². The summed E-state index contributed by atoms with van der Waals surface area (Å²) in [7, 11) is 1.72. The molecule has 92 valence electrons. The van der Waals surface area contributed by atoms with Crippen LogP contribution in [0.25, 0.3) is 0 Å². The van der Waals surface area contributed by atoms with Crippen LogP contribution in [0.4, 0.5) is 11.4 Å². The second-order valence-electron chi connectivity index (χ2n) is 5.23. The van der Waals surface area contributed by atoms with Crippen LogP contribution in [0, 0.1) is 0 Å². The fraction of sp³-hybridized carbons (Fsp3) is 0.571. The van der Waals surface area contributed by atoms with Crippen molar-refractivity contribution in [2.24, 2.45) is 0 Å². The van der Waals surface area contributed by atoms with Gasteiger partial charge < -0.3 is 15.4 Å². The molecule has 0 unspecified atom stereocenters. The minimum atomic E-state index is 0.275. The van der Waals surface area contributed by atoms with Crippen molar-refractivity contribution in [3.05, 3.63) is 18.2 Å². The van der Waals surface area contributed by atoms with E-state index < -0.39 is 0 Å². The van der Waals surface area contributed by atoms with Crippen LogP contribution in [0.2, 0.25) is 0 Å². The lowest BCUT2D eigenvalue weighted by atomic mass is 9.80. The van der Waals surface area contributed by atoms with Crippen molar-refractivity contribution in [3.63, 3.8) is 0 Å². The predicted octanol–water partition coefficient (Wildman–Crippen LogP) is 3.24. The van der Waals surface area contributed by atoms with Gasteiger partial charge in [-0.2, -0.15) is 0 Å². The van der Waals surface area contributed by atoms with Gasteiger partial charge in [0.2, 0.25) is 0 Å². The molecule has 1 aliphatic heterocycles. The fourth-order valence-corrected chi connectivity index (χ4v) is 3.03. The summed E-state index contributed by atoms with van der Waals surface area (Å²) in [6.45, 7) is 1.05. The Kier molecular flexibility index (Phi) is 2.61. The molecule has 2 aliphatic rings. The molecule has 0 bridgehead atoms. The summed E-state index contributed by atoms with van der Waals surface area (Å²) in [6.07, 6.45) is 6.61. The second kappa shape index (κ2) is 4.13. The van der Waals surface area contributed by atoms with Crippen LogP contribution in [0.5, 0.6) is 5.75 Å². The fourth-order valence-electron chi connectivity index (χ4n) is 3.03. The zero-order valence-corrected chi connectivity index (χ0v) is 10.4. The van der Waals surface area contributed by atoms with Crippen molar-refractivity contribution in [3.8, 4) is 5.75 Å². The summed E-state index contributed by atoms with van der Waals surface area (Å²) in [4.78, 5) is 0. The third-order valence-corrected chi connectivity index (χ3v) is 4.05. The molecule has 17 heavy (non-hydrogen) atoms. The highest BCUT2D eigenvalue weighted by atomic mass is 16.5. The number of rotatable bonds is 1. The Balaban J connectivity index is 1.87. The molecule has 1 spiro atoms. The Morgan fingerprint density at radius 1 is 1.12 bits per heavy atom. The van der Waals surface area contributed by atoms with Gasteiger partial charge in [-0.1, -0.05) is 19.3 Å². The summed E-state index contributed by atoms with van der Waals surface area (Å²) >= 11 is 0. The topological polar surface area (TPSA) is 33.3 Å². The van der Waals surface area contributed by atoms with E-state index in [1.807, 2.05) is 6.07 Å². The van der Waals surface area contributed by atoms with Crippen molar-refractivity contribution in [2.75, 3.05) is 24.3 Å². The van der Waals surface area contributed by atoms with Gasteiger partial charge in [0.05, 0.1) is 24.0 Å². The molecule has 1 fully saturated rings. The first-order valence-corrected chi connectivity index (χ1v) is 6.51. The van der Waals surface area contributed by atoms with Crippen LogP contribution in [0.3, 0.4) is 0 Å². The third kappa shape index (κ3) is 1.94. The van der Waals surface area contributed by atoms with Gasteiger partial charge in [-0.25, -0.2) is 0 Å². The molecule has 1 saturated carbocycles. The average Bonchev–Trinajstić information content (AvgIpc) is 2.39. The molecule has 1 heterocycles. The van der Waals surface area contributed by atoms with E-state index in [1.165, 1.54) is 43.5 Å². The van der Waals surface area contributed by atoms with Crippen molar-refractivity contribution < 1.29 is 4.74 Å². The van der Waals surface area contributed by atoms with Gasteiger partial charge in [-0.15, -0.1) is 0 Å². The average molecular weight is 232 g/mol. The Hall–Kier alpha value is -1.38. The normalized spacial score (nSPS) is 21.2. The summed E-state index contributed by atoms with van der Waals surface area (Å²) in [5.41, 5.74) is 2.66. The number of fused-ring (bicyclic) bond motifs is 1. The van der Waals surface area contributed by atoms with Gasteiger partial charge in [0, 0.05) is 12.6 Å². The first kappa shape index (κ1) is 10.8.